The lowest BCUT2D eigenvalue weighted by molar-refractivity contribution is 0.0595. The molecule has 17 heavy (non-hydrogen) atoms. The monoisotopic (exact) mass is 273 g/mol. The van der Waals surface area contributed by atoms with E-state index in [1.807, 2.05) is 0 Å². The minimum Gasteiger partial charge on any atom is -0.492 e. The fourth-order valence-corrected chi connectivity index (χ4v) is 2.68. The zero-order valence-electron chi connectivity index (χ0n) is 9.07. The van der Waals surface area contributed by atoms with Gasteiger partial charge in [0.05, 0.1) is 24.3 Å². The molecule has 1 aliphatic rings. The molecule has 0 saturated heterocycles. The van der Waals surface area contributed by atoms with Crippen LogP contribution >= 0.6 is 11.6 Å². The molecule has 1 aromatic rings. The molecule has 1 aromatic carbocycles. The van der Waals surface area contributed by atoms with E-state index in [-0.39, 0.29) is 5.25 Å². The van der Waals surface area contributed by atoms with Gasteiger partial charge in [0.2, 0.25) is 0 Å². The number of benzene rings is 1. The van der Waals surface area contributed by atoms with Gasteiger partial charge in [-0.2, -0.15) is 0 Å². The van der Waals surface area contributed by atoms with Crippen LogP contribution in [-0.4, -0.2) is 19.7 Å². The van der Waals surface area contributed by atoms with Crippen molar-refractivity contribution >= 4 is 29.2 Å². The molecule has 0 aliphatic carbocycles. The maximum Gasteiger partial charge on any atom is 0.467 e. The molecule has 0 bridgehead atoms. The molecule has 1 heterocycles. The van der Waals surface area contributed by atoms with E-state index in [4.69, 9.17) is 16.3 Å². The van der Waals surface area contributed by atoms with Gasteiger partial charge in [0.15, 0.2) is 0 Å². The quantitative estimate of drug-likeness (QED) is 0.613. The van der Waals surface area contributed by atoms with E-state index in [9.17, 15) is 9.00 Å². The Bertz CT molecular complexity index is 475. The molecule has 90 valence electrons. The molecular formula is C11H10ClO4S+. The molecule has 4 nitrogen and oxygen atoms in total. The van der Waals surface area contributed by atoms with Gasteiger partial charge in [0.1, 0.15) is 11.3 Å². The van der Waals surface area contributed by atoms with E-state index in [0.717, 1.165) is 0 Å². The second-order valence-corrected chi connectivity index (χ2v) is 4.72. The smallest absolute Gasteiger partial charge is 0.467 e. The van der Waals surface area contributed by atoms with Gasteiger partial charge in [0, 0.05) is 10.6 Å². The van der Waals surface area contributed by atoms with Gasteiger partial charge in [-0.05, 0) is 12.1 Å². The average molecular weight is 274 g/mol. The number of carbonyl (C=O) groups is 1. The number of fused-ring (bicyclic) bond motifs is 1. The third kappa shape index (κ3) is 2.12. The number of rotatable bonds is 2. The Morgan fingerprint density at radius 3 is 3.00 bits per heavy atom. The molecule has 0 saturated carbocycles. The Morgan fingerprint density at radius 2 is 2.35 bits per heavy atom. The van der Waals surface area contributed by atoms with Crippen LogP contribution in [0.1, 0.15) is 27.6 Å². The van der Waals surface area contributed by atoms with Crippen molar-refractivity contribution in [3.8, 4) is 5.75 Å². The summed E-state index contributed by atoms with van der Waals surface area (Å²) in [6, 6.07) is 3.13. The lowest BCUT2D eigenvalue weighted by Crippen LogP contribution is -2.17. The summed E-state index contributed by atoms with van der Waals surface area (Å²) in [6.45, 7) is 0.400. The Labute approximate surface area is 107 Å². The summed E-state index contributed by atoms with van der Waals surface area (Å²) in [4.78, 5) is 11.6. The highest BCUT2D eigenvalue weighted by atomic mass is 35.5. The molecule has 1 aliphatic heterocycles. The van der Waals surface area contributed by atoms with Crippen LogP contribution in [0.4, 0.5) is 0 Å². The number of esters is 1. The first-order chi connectivity index (χ1) is 8.19. The van der Waals surface area contributed by atoms with Gasteiger partial charge in [0.25, 0.3) is 5.25 Å². The largest absolute Gasteiger partial charge is 0.492 e. The Kier molecular flexibility index (Phi) is 3.59. The van der Waals surface area contributed by atoms with Crippen LogP contribution in [0.3, 0.4) is 0 Å². The summed E-state index contributed by atoms with van der Waals surface area (Å²) < 4.78 is 21.2. The van der Waals surface area contributed by atoms with E-state index in [2.05, 4.69) is 4.74 Å². The van der Waals surface area contributed by atoms with Gasteiger partial charge in [-0.15, -0.1) is 0 Å². The highest BCUT2D eigenvalue weighted by molar-refractivity contribution is 7.65. The van der Waals surface area contributed by atoms with Crippen LogP contribution in [0.5, 0.6) is 5.75 Å². The molecule has 0 radical (unpaired) electrons. The zero-order chi connectivity index (χ0) is 12.4. The molecule has 0 aromatic heterocycles. The van der Waals surface area contributed by atoms with Gasteiger partial charge in [-0.3, -0.25) is 0 Å². The van der Waals surface area contributed by atoms with Crippen molar-refractivity contribution < 1.29 is 18.5 Å². The Morgan fingerprint density at radius 1 is 1.59 bits per heavy atom. The summed E-state index contributed by atoms with van der Waals surface area (Å²) in [6.07, 6.45) is 0.589. The minimum atomic E-state index is -0.491. The number of methoxy groups -OCH3 is 1. The number of carbonyl (C=O) groups excluding carboxylic acids is 1. The van der Waals surface area contributed by atoms with Gasteiger partial charge in [-0.25, -0.2) is 4.79 Å². The lowest BCUT2D eigenvalue weighted by atomic mass is 10.0. The van der Waals surface area contributed by atoms with Crippen molar-refractivity contribution in [3.63, 3.8) is 0 Å². The molecule has 2 rings (SSSR count). The SMILES string of the molecule is COC(=O)c1ccc(Cl)c2c1OCCC2[S+]=O. The summed E-state index contributed by atoms with van der Waals surface area (Å²) in [7, 11) is 1.30. The molecular weight excluding hydrogens is 264 g/mol. The van der Waals surface area contributed by atoms with E-state index in [1.54, 1.807) is 12.1 Å². The Balaban J connectivity index is 2.60. The van der Waals surface area contributed by atoms with Crippen LogP contribution in [0.25, 0.3) is 0 Å². The number of hydrogen-bond donors (Lipinski definition) is 0. The molecule has 6 heteroatoms. The summed E-state index contributed by atoms with van der Waals surface area (Å²) in [5, 5.41) is 0.163. The number of ether oxygens (including phenoxy) is 2. The fourth-order valence-electron chi connectivity index (χ4n) is 1.81. The first-order valence-corrected chi connectivity index (χ1v) is 6.19. The molecule has 0 fully saturated rings. The third-order valence-corrected chi connectivity index (χ3v) is 3.65. The molecule has 1 unspecified atom stereocenters. The number of hydrogen-bond acceptors (Lipinski definition) is 4. The zero-order valence-corrected chi connectivity index (χ0v) is 10.6. The fraction of sp³-hybridized carbons (Fsp3) is 0.364. The van der Waals surface area contributed by atoms with Crippen molar-refractivity contribution in [2.75, 3.05) is 13.7 Å². The summed E-state index contributed by atoms with van der Waals surface area (Å²) in [5.74, 6) is -0.113. The van der Waals surface area contributed by atoms with Gasteiger partial charge >= 0.3 is 17.6 Å². The third-order valence-electron chi connectivity index (χ3n) is 2.61. The van der Waals surface area contributed by atoms with E-state index < -0.39 is 5.97 Å². The maximum absolute atomic E-state index is 11.6. The summed E-state index contributed by atoms with van der Waals surface area (Å²) in [5.41, 5.74) is 0.909. The van der Waals surface area contributed by atoms with Crippen molar-refractivity contribution in [3.05, 3.63) is 28.3 Å². The standard InChI is InChI=1S/C11H10ClO4S/c1-15-11(13)6-2-3-7(12)9-8(17-14)4-5-16-10(6)9/h2-3,8H,4-5H2,1H3/q+1. The maximum atomic E-state index is 11.6. The van der Waals surface area contributed by atoms with Crippen molar-refractivity contribution in [2.45, 2.75) is 11.7 Å². The van der Waals surface area contributed by atoms with Gasteiger partial charge in [-0.1, -0.05) is 11.6 Å². The van der Waals surface area contributed by atoms with Crippen molar-refractivity contribution in [1.29, 1.82) is 0 Å². The van der Waals surface area contributed by atoms with Crippen molar-refractivity contribution in [1.82, 2.24) is 0 Å². The van der Waals surface area contributed by atoms with Crippen molar-refractivity contribution in [2.24, 2.45) is 0 Å². The average Bonchev–Trinajstić information content (AvgIpc) is 2.37. The van der Waals surface area contributed by atoms with Gasteiger partial charge < -0.3 is 9.47 Å². The normalized spacial score (nSPS) is 17.9. The highest BCUT2D eigenvalue weighted by Crippen LogP contribution is 2.41. The van der Waals surface area contributed by atoms with Crippen LogP contribution in [0.15, 0.2) is 12.1 Å². The van der Waals surface area contributed by atoms with E-state index in [1.165, 1.54) is 7.11 Å². The second-order valence-electron chi connectivity index (χ2n) is 3.55. The minimum absolute atomic E-state index is 0.282. The van der Waals surface area contributed by atoms with E-state index in [0.29, 0.717) is 46.6 Å². The first kappa shape index (κ1) is 12.3. The Hall–Kier alpha value is -1.20. The topological polar surface area (TPSA) is 52.6 Å². The van der Waals surface area contributed by atoms with E-state index >= 15 is 0 Å². The van der Waals surface area contributed by atoms with Crippen LogP contribution in [0.2, 0.25) is 5.02 Å². The molecule has 0 amide bonds. The highest BCUT2D eigenvalue weighted by Gasteiger charge is 2.36. The van der Waals surface area contributed by atoms with Crippen LogP contribution < -0.4 is 4.74 Å². The lowest BCUT2D eigenvalue weighted by Gasteiger charge is -2.19. The second kappa shape index (κ2) is 4.98. The molecule has 0 spiro atoms. The predicted octanol–water partition coefficient (Wildman–Crippen LogP) is 2.38. The summed E-state index contributed by atoms with van der Waals surface area (Å²) >= 11 is 6.52. The molecule has 1 atom stereocenters. The molecule has 0 N–H and O–H groups in total. The first-order valence-electron chi connectivity index (χ1n) is 5.01. The predicted molar refractivity (Wildman–Crippen MR) is 63.7 cm³/mol. The van der Waals surface area contributed by atoms with Crippen LogP contribution in [-0.2, 0) is 20.6 Å². The van der Waals surface area contributed by atoms with Crippen LogP contribution in [0, 0.1) is 0 Å². The number of halogens is 1.